The van der Waals surface area contributed by atoms with Crippen LogP contribution in [0, 0.1) is 0 Å². The topological polar surface area (TPSA) is 89.8 Å². The lowest BCUT2D eigenvalue weighted by Gasteiger charge is -2.32. The number of hydrogen-bond donors (Lipinski definition) is 3. The Kier molecular flexibility index (Phi) is 4.80. The first-order valence-electron chi connectivity index (χ1n) is 8.12. The summed E-state index contributed by atoms with van der Waals surface area (Å²) in [6.45, 7) is 0.313. The van der Waals surface area contributed by atoms with Gasteiger partial charge in [0.05, 0.1) is 11.3 Å². The van der Waals surface area contributed by atoms with Crippen molar-refractivity contribution in [1.82, 2.24) is 9.97 Å². The standard InChI is InChI=1S/C17H20F3N5/c18-17(19,20)13-4-2-1-3-10(13)5-6-23-15-9-14(24-16(22)25-15)11-7-12(21)8-11/h1-4,9,11-12H,5-8,21H2,(H3,22,23,24,25). The molecule has 0 atom stereocenters. The monoisotopic (exact) mass is 351 g/mol. The summed E-state index contributed by atoms with van der Waals surface area (Å²) in [6.07, 6.45) is -2.42. The van der Waals surface area contributed by atoms with E-state index in [2.05, 4.69) is 15.3 Å². The number of hydrogen-bond acceptors (Lipinski definition) is 5. The molecule has 0 radical (unpaired) electrons. The molecule has 0 aliphatic heterocycles. The lowest BCUT2D eigenvalue weighted by atomic mass is 9.78. The number of aromatic nitrogens is 2. The van der Waals surface area contributed by atoms with Crippen LogP contribution in [-0.4, -0.2) is 22.6 Å². The van der Waals surface area contributed by atoms with Gasteiger partial charge in [-0.1, -0.05) is 18.2 Å². The van der Waals surface area contributed by atoms with Gasteiger partial charge in [0.1, 0.15) is 5.82 Å². The predicted octanol–water partition coefficient (Wildman–Crippen LogP) is 2.94. The van der Waals surface area contributed by atoms with Crippen LogP contribution in [0.4, 0.5) is 24.9 Å². The van der Waals surface area contributed by atoms with E-state index in [1.807, 2.05) is 0 Å². The number of halogens is 3. The Bertz CT molecular complexity index is 741. The van der Waals surface area contributed by atoms with E-state index in [1.165, 1.54) is 12.1 Å². The Morgan fingerprint density at radius 2 is 1.88 bits per heavy atom. The second-order valence-electron chi connectivity index (χ2n) is 6.30. The minimum absolute atomic E-state index is 0.149. The highest BCUT2D eigenvalue weighted by Gasteiger charge is 2.32. The number of rotatable bonds is 5. The SMILES string of the molecule is Nc1nc(NCCc2ccccc2C(F)(F)F)cc(C2CC(N)C2)n1. The predicted molar refractivity (Wildman–Crippen MR) is 90.0 cm³/mol. The summed E-state index contributed by atoms with van der Waals surface area (Å²) in [5.74, 6) is 0.940. The van der Waals surface area contributed by atoms with E-state index in [0.29, 0.717) is 12.4 Å². The minimum Gasteiger partial charge on any atom is -0.370 e. The molecule has 0 amide bonds. The van der Waals surface area contributed by atoms with Gasteiger partial charge >= 0.3 is 6.18 Å². The normalized spacial score (nSPS) is 20.2. The van der Waals surface area contributed by atoms with Crippen LogP contribution in [0.25, 0.3) is 0 Å². The Labute approximate surface area is 143 Å². The summed E-state index contributed by atoms with van der Waals surface area (Å²) in [4.78, 5) is 8.32. The van der Waals surface area contributed by atoms with E-state index in [-0.39, 0.29) is 29.9 Å². The molecule has 1 fully saturated rings. The average Bonchev–Trinajstić information content (AvgIpc) is 2.51. The van der Waals surface area contributed by atoms with E-state index in [1.54, 1.807) is 12.1 Å². The van der Waals surface area contributed by atoms with Crippen LogP contribution in [0.2, 0.25) is 0 Å². The van der Waals surface area contributed by atoms with Crippen molar-refractivity contribution in [2.24, 2.45) is 5.73 Å². The van der Waals surface area contributed by atoms with E-state index in [9.17, 15) is 13.2 Å². The molecule has 1 aliphatic carbocycles. The van der Waals surface area contributed by atoms with E-state index in [0.717, 1.165) is 24.6 Å². The van der Waals surface area contributed by atoms with Crippen molar-refractivity contribution in [3.63, 3.8) is 0 Å². The second kappa shape index (κ2) is 6.87. The molecule has 5 N–H and O–H groups in total. The number of nitrogens with zero attached hydrogens (tertiary/aromatic N) is 2. The maximum atomic E-state index is 13.0. The fourth-order valence-corrected chi connectivity index (χ4v) is 3.03. The van der Waals surface area contributed by atoms with Gasteiger partial charge < -0.3 is 16.8 Å². The third kappa shape index (κ3) is 4.19. The van der Waals surface area contributed by atoms with Gasteiger partial charge in [-0.05, 0) is 30.9 Å². The molecule has 1 saturated carbocycles. The Balaban J connectivity index is 1.65. The van der Waals surface area contributed by atoms with E-state index >= 15 is 0 Å². The van der Waals surface area contributed by atoms with Gasteiger partial charge in [0.25, 0.3) is 0 Å². The maximum absolute atomic E-state index is 13.0. The van der Waals surface area contributed by atoms with Gasteiger partial charge in [-0.2, -0.15) is 18.2 Å². The van der Waals surface area contributed by atoms with Crippen LogP contribution in [0.1, 0.15) is 35.6 Å². The molecule has 25 heavy (non-hydrogen) atoms. The van der Waals surface area contributed by atoms with Gasteiger partial charge in [-0.15, -0.1) is 0 Å². The summed E-state index contributed by atoms with van der Waals surface area (Å²) in [7, 11) is 0. The molecule has 1 aromatic carbocycles. The second-order valence-corrected chi connectivity index (χ2v) is 6.30. The number of anilines is 2. The van der Waals surface area contributed by atoms with Crippen LogP contribution in [0.5, 0.6) is 0 Å². The van der Waals surface area contributed by atoms with Crippen molar-refractivity contribution in [2.75, 3.05) is 17.6 Å². The van der Waals surface area contributed by atoms with E-state index in [4.69, 9.17) is 11.5 Å². The lowest BCUT2D eigenvalue weighted by molar-refractivity contribution is -0.138. The molecular formula is C17H20F3N5. The maximum Gasteiger partial charge on any atom is 0.416 e. The fourth-order valence-electron chi connectivity index (χ4n) is 3.03. The van der Waals surface area contributed by atoms with Crippen molar-refractivity contribution < 1.29 is 13.2 Å². The van der Waals surface area contributed by atoms with Gasteiger partial charge in [0.2, 0.25) is 5.95 Å². The Hall–Kier alpha value is -2.35. The zero-order valence-corrected chi connectivity index (χ0v) is 13.6. The first kappa shape index (κ1) is 17.5. The van der Waals surface area contributed by atoms with Gasteiger partial charge in [-0.25, -0.2) is 4.98 Å². The number of nitrogen functional groups attached to an aromatic ring is 1. The molecule has 3 rings (SSSR count). The van der Waals surface area contributed by atoms with Crippen LogP contribution in [0.3, 0.4) is 0 Å². The zero-order valence-electron chi connectivity index (χ0n) is 13.6. The summed E-state index contributed by atoms with van der Waals surface area (Å²) in [6, 6.07) is 7.56. The summed E-state index contributed by atoms with van der Waals surface area (Å²) in [5, 5.41) is 3.04. The number of benzene rings is 1. The van der Waals surface area contributed by atoms with Crippen molar-refractivity contribution in [1.29, 1.82) is 0 Å². The molecule has 1 aliphatic rings. The van der Waals surface area contributed by atoms with Crippen LogP contribution in [-0.2, 0) is 12.6 Å². The molecule has 0 unspecified atom stereocenters. The summed E-state index contributed by atoms with van der Waals surface area (Å²) < 4.78 is 39.0. The number of nitrogens with one attached hydrogen (secondary N) is 1. The van der Waals surface area contributed by atoms with Gasteiger partial charge in [0.15, 0.2) is 0 Å². The van der Waals surface area contributed by atoms with Gasteiger partial charge in [-0.3, -0.25) is 0 Å². The quantitative estimate of drug-likeness (QED) is 0.771. The number of alkyl halides is 3. The van der Waals surface area contributed by atoms with Crippen LogP contribution >= 0.6 is 0 Å². The molecule has 0 saturated heterocycles. The number of nitrogens with two attached hydrogens (primary N) is 2. The Morgan fingerprint density at radius 3 is 2.56 bits per heavy atom. The molecule has 1 heterocycles. The molecule has 5 nitrogen and oxygen atoms in total. The Morgan fingerprint density at radius 1 is 1.16 bits per heavy atom. The third-order valence-electron chi connectivity index (χ3n) is 4.38. The lowest BCUT2D eigenvalue weighted by Crippen LogP contribution is -2.35. The molecule has 2 aromatic rings. The largest absolute Gasteiger partial charge is 0.416 e. The highest BCUT2D eigenvalue weighted by Crippen LogP contribution is 2.35. The molecule has 134 valence electrons. The van der Waals surface area contributed by atoms with E-state index < -0.39 is 11.7 Å². The zero-order chi connectivity index (χ0) is 18.0. The van der Waals surface area contributed by atoms with Crippen LogP contribution < -0.4 is 16.8 Å². The van der Waals surface area contributed by atoms with Gasteiger partial charge in [0, 0.05) is 24.6 Å². The summed E-state index contributed by atoms with van der Waals surface area (Å²) in [5.41, 5.74) is 12.0. The van der Waals surface area contributed by atoms with Crippen molar-refractivity contribution >= 4 is 11.8 Å². The first-order chi connectivity index (χ1) is 11.8. The van der Waals surface area contributed by atoms with Crippen LogP contribution in [0.15, 0.2) is 30.3 Å². The first-order valence-corrected chi connectivity index (χ1v) is 8.12. The molecule has 0 spiro atoms. The average molecular weight is 351 g/mol. The van der Waals surface area contributed by atoms with Crippen molar-refractivity contribution in [2.45, 2.75) is 37.4 Å². The minimum atomic E-state index is -4.36. The molecular weight excluding hydrogens is 331 g/mol. The fraction of sp³-hybridized carbons (Fsp3) is 0.412. The molecule has 0 bridgehead atoms. The molecule has 8 heteroatoms. The highest BCUT2D eigenvalue weighted by molar-refractivity contribution is 5.42. The van der Waals surface area contributed by atoms with Crippen molar-refractivity contribution in [3.8, 4) is 0 Å². The smallest absolute Gasteiger partial charge is 0.370 e. The van der Waals surface area contributed by atoms with Crippen molar-refractivity contribution in [3.05, 3.63) is 47.2 Å². The molecule has 1 aromatic heterocycles. The summed E-state index contributed by atoms with van der Waals surface area (Å²) >= 11 is 0. The highest BCUT2D eigenvalue weighted by atomic mass is 19.4. The third-order valence-corrected chi connectivity index (χ3v) is 4.38.